The number of nitrogens with zero attached hydrogens (tertiary/aromatic N) is 1. The summed E-state index contributed by atoms with van der Waals surface area (Å²) in [6, 6.07) is 12.1. The summed E-state index contributed by atoms with van der Waals surface area (Å²) < 4.78 is 5.06. The van der Waals surface area contributed by atoms with E-state index in [0.717, 1.165) is 5.56 Å². The van der Waals surface area contributed by atoms with Crippen LogP contribution in [-0.2, 0) is 9.53 Å². The molecule has 0 aliphatic carbocycles. The van der Waals surface area contributed by atoms with Crippen LogP contribution in [0.5, 0.6) is 0 Å². The number of amides is 1. The molecule has 1 amide bonds. The minimum absolute atomic E-state index is 0.129. The van der Waals surface area contributed by atoms with Crippen LogP contribution in [0, 0.1) is 0 Å². The molecule has 5 nitrogen and oxygen atoms in total. The van der Waals surface area contributed by atoms with Crippen LogP contribution in [0.4, 0.5) is 0 Å². The fourth-order valence-electron chi connectivity index (χ4n) is 2.83. The van der Waals surface area contributed by atoms with Crippen LogP contribution >= 0.6 is 11.3 Å². The Kier molecular flexibility index (Phi) is 4.78. The van der Waals surface area contributed by atoms with E-state index in [9.17, 15) is 14.7 Å². The maximum absolute atomic E-state index is 12.8. The number of carbonyl (C=O) groups is 2. The Morgan fingerprint density at radius 3 is 2.62 bits per heavy atom. The van der Waals surface area contributed by atoms with Gasteiger partial charge in [-0.25, -0.2) is 0 Å². The van der Waals surface area contributed by atoms with Gasteiger partial charge < -0.3 is 14.7 Å². The van der Waals surface area contributed by atoms with Crippen LogP contribution in [0.25, 0.3) is 0 Å². The average molecular weight is 343 g/mol. The Morgan fingerprint density at radius 2 is 2.00 bits per heavy atom. The van der Waals surface area contributed by atoms with Crippen molar-refractivity contribution < 1.29 is 19.4 Å². The van der Waals surface area contributed by atoms with Gasteiger partial charge in [-0.05, 0) is 17.0 Å². The summed E-state index contributed by atoms with van der Waals surface area (Å²) in [5, 5.41) is 12.2. The molecule has 0 saturated heterocycles. The lowest BCUT2D eigenvalue weighted by atomic mass is 9.95. The number of thiophene rings is 1. The third kappa shape index (κ3) is 2.86. The number of ether oxygens (including phenoxy) is 1. The van der Waals surface area contributed by atoms with Gasteiger partial charge in [0.05, 0.1) is 23.1 Å². The van der Waals surface area contributed by atoms with E-state index in [0.29, 0.717) is 18.0 Å². The Morgan fingerprint density at radius 1 is 1.25 bits per heavy atom. The standard InChI is InChI=1S/C18H17NO4S/c1-23-10-9-19-15(12-6-3-2-4-7-12)14(17(21)18(19)22)16(20)13-8-5-11-24-13/h2-8,11,15,21H,9-10H2,1H3/t15-/m0/s1. The molecule has 1 aromatic heterocycles. The molecule has 0 unspecified atom stereocenters. The van der Waals surface area contributed by atoms with Gasteiger partial charge in [0.15, 0.2) is 5.76 Å². The van der Waals surface area contributed by atoms with Crippen molar-refractivity contribution in [3.05, 3.63) is 69.6 Å². The minimum Gasteiger partial charge on any atom is -0.503 e. The molecule has 0 spiro atoms. The summed E-state index contributed by atoms with van der Waals surface area (Å²) in [5.41, 5.74) is 0.913. The number of benzene rings is 1. The quantitative estimate of drug-likeness (QED) is 0.819. The lowest BCUT2D eigenvalue weighted by Crippen LogP contribution is -2.33. The SMILES string of the molecule is COCCN1C(=O)C(O)=C(C(=O)c2cccs2)[C@@H]1c1ccccc1. The fraction of sp³-hybridized carbons (Fsp3) is 0.222. The summed E-state index contributed by atoms with van der Waals surface area (Å²) in [5.74, 6) is -1.33. The molecular weight excluding hydrogens is 326 g/mol. The van der Waals surface area contributed by atoms with Crippen molar-refractivity contribution in [2.75, 3.05) is 20.3 Å². The van der Waals surface area contributed by atoms with Gasteiger partial charge >= 0.3 is 0 Å². The number of ketones is 1. The number of hydrogen-bond acceptors (Lipinski definition) is 5. The van der Waals surface area contributed by atoms with Gasteiger partial charge in [-0.1, -0.05) is 36.4 Å². The molecule has 0 radical (unpaired) electrons. The number of rotatable bonds is 6. The number of hydrogen-bond donors (Lipinski definition) is 1. The molecule has 0 fully saturated rings. The number of Topliss-reactive ketones (excluding diaryl/α,β-unsaturated/α-hetero) is 1. The van der Waals surface area contributed by atoms with E-state index in [-0.39, 0.29) is 11.4 Å². The molecule has 0 bridgehead atoms. The first-order valence-corrected chi connectivity index (χ1v) is 8.39. The largest absolute Gasteiger partial charge is 0.503 e. The fourth-order valence-corrected chi connectivity index (χ4v) is 3.51. The molecule has 24 heavy (non-hydrogen) atoms. The third-order valence-corrected chi connectivity index (χ3v) is 4.81. The smallest absolute Gasteiger partial charge is 0.290 e. The predicted octanol–water partition coefficient (Wildman–Crippen LogP) is 2.97. The monoisotopic (exact) mass is 343 g/mol. The molecule has 1 aromatic carbocycles. The van der Waals surface area contributed by atoms with Gasteiger partial charge in [-0.3, -0.25) is 9.59 Å². The zero-order chi connectivity index (χ0) is 17.1. The van der Waals surface area contributed by atoms with Crippen molar-refractivity contribution in [3.8, 4) is 0 Å². The molecule has 1 atom stereocenters. The zero-order valence-corrected chi connectivity index (χ0v) is 14.0. The van der Waals surface area contributed by atoms with Crippen LogP contribution < -0.4 is 0 Å². The Hall–Kier alpha value is -2.44. The molecule has 2 aromatic rings. The second-order valence-corrected chi connectivity index (χ2v) is 6.32. The maximum atomic E-state index is 12.8. The average Bonchev–Trinajstić information content (AvgIpc) is 3.22. The molecule has 3 rings (SSSR count). The summed E-state index contributed by atoms with van der Waals surface area (Å²) >= 11 is 1.29. The van der Waals surface area contributed by atoms with Crippen molar-refractivity contribution in [3.63, 3.8) is 0 Å². The van der Waals surface area contributed by atoms with E-state index in [2.05, 4.69) is 0 Å². The minimum atomic E-state index is -0.608. The lowest BCUT2D eigenvalue weighted by molar-refractivity contribution is -0.130. The maximum Gasteiger partial charge on any atom is 0.290 e. The summed E-state index contributed by atoms with van der Waals surface area (Å²) in [7, 11) is 1.54. The Bertz CT molecular complexity index is 768. The van der Waals surface area contributed by atoms with Crippen molar-refractivity contribution in [2.45, 2.75) is 6.04 Å². The van der Waals surface area contributed by atoms with Crippen molar-refractivity contribution in [1.29, 1.82) is 0 Å². The summed E-state index contributed by atoms with van der Waals surface area (Å²) in [6.45, 7) is 0.614. The first-order chi connectivity index (χ1) is 11.6. The first-order valence-electron chi connectivity index (χ1n) is 7.51. The van der Waals surface area contributed by atoms with Crippen molar-refractivity contribution in [1.82, 2.24) is 4.90 Å². The number of aliphatic hydroxyl groups excluding tert-OH is 1. The predicted molar refractivity (Wildman–Crippen MR) is 91.1 cm³/mol. The molecule has 124 valence electrons. The van der Waals surface area contributed by atoms with E-state index in [1.54, 1.807) is 24.6 Å². The molecule has 1 N–H and O–H groups in total. The number of methoxy groups -OCH3 is 1. The summed E-state index contributed by atoms with van der Waals surface area (Å²) in [6.07, 6.45) is 0. The van der Waals surface area contributed by atoms with Gasteiger partial charge in [0.1, 0.15) is 0 Å². The first kappa shape index (κ1) is 16.4. The van der Waals surface area contributed by atoms with E-state index in [4.69, 9.17) is 4.74 Å². The lowest BCUT2D eigenvalue weighted by Gasteiger charge is -2.26. The van der Waals surface area contributed by atoms with E-state index < -0.39 is 17.7 Å². The molecule has 6 heteroatoms. The Labute approximate surface area is 143 Å². The normalized spacial score (nSPS) is 17.6. The van der Waals surface area contributed by atoms with E-state index in [1.807, 2.05) is 30.3 Å². The molecule has 1 aliphatic heterocycles. The van der Waals surface area contributed by atoms with Crippen molar-refractivity contribution >= 4 is 23.0 Å². The number of aliphatic hydroxyl groups is 1. The molecule has 1 aliphatic rings. The summed E-state index contributed by atoms with van der Waals surface area (Å²) in [4.78, 5) is 27.3. The van der Waals surface area contributed by atoms with Gasteiger partial charge in [0.25, 0.3) is 5.91 Å². The second kappa shape index (κ2) is 6.98. The zero-order valence-electron chi connectivity index (χ0n) is 13.1. The van der Waals surface area contributed by atoms with E-state index >= 15 is 0 Å². The molecular formula is C18H17NO4S. The number of carbonyl (C=O) groups excluding carboxylic acids is 2. The van der Waals surface area contributed by atoms with Crippen molar-refractivity contribution in [2.24, 2.45) is 0 Å². The highest BCUT2D eigenvalue weighted by molar-refractivity contribution is 7.12. The molecule has 0 saturated carbocycles. The second-order valence-electron chi connectivity index (χ2n) is 5.37. The highest BCUT2D eigenvalue weighted by atomic mass is 32.1. The van der Waals surface area contributed by atoms with Crippen LogP contribution in [-0.4, -0.2) is 42.0 Å². The highest BCUT2D eigenvalue weighted by Gasteiger charge is 2.43. The van der Waals surface area contributed by atoms with Crippen LogP contribution in [0.2, 0.25) is 0 Å². The van der Waals surface area contributed by atoms with Gasteiger partial charge in [0.2, 0.25) is 5.78 Å². The highest BCUT2D eigenvalue weighted by Crippen LogP contribution is 2.39. The van der Waals surface area contributed by atoms with Gasteiger partial charge in [0, 0.05) is 13.7 Å². The Balaban J connectivity index is 2.06. The van der Waals surface area contributed by atoms with Crippen LogP contribution in [0.3, 0.4) is 0 Å². The van der Waals surface area contributed by atoms with Gasteiger partial charge in [-0.2, -0.15) is 0 Å². The van der Waals surface area contributed by atoms with E-state index in [1.165, 1.54) is 16.2 Å². The molecule has 2 heterocycles. The van der Waals surface area contributed by atoms with Gasteiger partial charge in [-0.15, -0.1) is 11.3 Å². The topological polar surface area (TPSA) is 66.8 Å². The van der Waals surface area contributed by atoms with Crippen LogP contribution in [0.15, 0.2) is 59.2 Å². The third-order valence-electron chi connectivity index (χ3n) is 3.94. The van der Waals surface area contributed by atoms with Crippen LogP contribution in [0.1, 0.15) is 21.3 Å².